The number of aryl methyl sites for hydroxylation is 1. The van der Waals surface area contributed by atoms with Crippen LogP contribution in [0.1, 0.15) is 5.69 Å². The van der Waals surface area contributed by atoms with E-state index < -0.39 is 5.82 Å². The molecule has 33 heavy (non-hydrogen) atoms. The summed E-state index contributed by atoms with van der Waals surface area (Å²) in [6.07, 6.45) is 3.10. The quantitative estimate of drug-likeness (QED) is 0.370. The van der Waals surface area contributed by atoms with Crippen molar-refractivity contribution in [3.8, 4) is 34.0 Å². The number of pyridine rings is 1. The van der Waals surface area contributed by atoms with Gasteiger partial charge in [0.25, 0.3) is 0 Å². The predicted octanol–water partition coefficient (Wildman–Crippen LogP) is 5.25. The van der Waals surface area contributed by atoms with E-state index in [9.17, 15) is 4.79 Å². The van der Waals surface area contributed by atoms with Crippen molar-refractivity contribution in [2.45, 2.75) is 6.92 Å². The highest BCUT2D eigenvalue weighted by Gasteiger charge is 2.17. The van der Waals surface area contributed by atoms with Crippen molar-refractivity contribution in [3.63, 3.8) is 0 Å². The zero-order chi connectivity index (χ0) is 22.9. The highest BCUT2D eigenvalue weighted by atomic mass is 35.5. The fourth-order valence-corrected chi connectivity index (χ4v) is 3.76. The normalized spacial score (nSPS) is 11.0. The lowest BCUT2D eigenvalue weighted by molar-refractivity contribution is 0.609. The first-order chi connectivity index (χ1) is 16.0. The number of hydrogen-bond donors (Lipinski definition) is 0. The van der Waals surface area contributed by atoms with E-state index in [0.29, 0.717) is 33.4 Å². The lowest BCUT2D eigenvalue weighted by atomic mass is 10.1. The van der Waals surface area contributed by atoms with Gasteiger partial charge in [0.1, 0.15) is 11.5 Å². The lowest BCUT2D eigenvalue weighted by Gasteiger charge is -2.11. The summed E-state index contributed by atoms with van der Waals surface area (Å²) >= 11 is 6.14. The second kappa shape index (κ2) is 8.44. The summed E-state index contributed by atoms with van der Waals surface area (Å²) in [5, 5.41) is 9.49. The van der Waals surface area contributed by atoms with Gasteiger partial charge in [-0.15, -0.1) is 0 Å². The van der Waals surface area contributed by atoms with Crippen molar-refractivity contribution in [1.82, 2.24) is 24.5 Å². The number of hydrogen-bond acceptors (Lipinski definition) is 4. The molecule has 0 aliphatic heterocycles. The summed E-state index contributed by atoms with van der Waals surface area (Å²) in [5.74, 6) is -0.486. The standard InChI is InChI=1S/C25H17ClFN5O/c1-16-13-23(32(29-16)19-6-4-5-18(26)15-19)25-24(33)10-12-31(30-25)22-9-8-17(14-20(22)27)21-7-2-3-11-28-21/h2-15H,1H3. The van der Waals surface area contributed by atoms with Gasteiger partial charge in [0.05, 0.1) is 22.8 Å². The fourth-order valence-electron chi connectivity index (χ4n) is 3.58. The monoisotopic (exact) mass is 457 g/mol. The van der Waals surface area contributed by atoms with Crippen LogP contribution < -0.4 is 5.43 Å². The van der Waals surface area contributed by atoms with Gasteiger partial charge in [-0.1, -0.05) is 29.8 Å². The molecular formula is C25H17ClFN5O. The molecule has 0 atom stereocenters. The third kappa shape index (κ3) is 4.06. The van der Waals surface area contributed by atoms with Crippen LogP contribution in [0.3, 0.4) is 0 Å². The molecule has 0 aliphatic rings. The summed E-state index contributed by atoms with van der Waals surface area (Å²) in [6, 6.07) is 20.5. The Hall–Kier alpha value is -4.10. The van der Waals surface area contributed by atoms with Crippen LogP contribution in [0.15, 0.2) is 90.0 Å². The topological polar surface area (TPSA) is 65.6 Å². The zero-order valence-electron chi connectivity index (χ0n) is 17.5. The smallest absolute Gasteiger partial charge is 0.209 e. The highest BCUT2D eigenvalue weighted by molar-refractivity contribution is 6.30. The Morgan fingerprint density at radius 2 is 1.82 bits per heavy atom. The van der Waals surface area contributed by atoms with Gasteiger partial charge in [-0.05, 0) is 55.5 Å². The molecule has 0 spiro atoms. The Kier molecular flexibility index (Phi) is 5.32. The minimum atomic E-state index is -0.486. The number of nitrogens with zero attached hydrogens (tertiary/aromatic N) is 5. The molecule has 5 aromatic rings. The molecule has 0 N–H and O–H groups in total. The molecule has 6 nitrogen and oxygen atoms in total. The van der Waals surface area contributed by atoms with Gasteiger partial charge in [0.2, 0.25) is 5.43 Å². The minimum absolute atomic E-state index is 0.145. The molecule has 0 saturated heterocycles. The summed E-state index contributed by atoms with van der Waals surface area (Å²) in [7, 11) is 0. The first-order valence-corrected chi connectivity index (χ1v) is 10.5. The molecular weight excluding hydrogens is 441 g/mol. The number of aromatic nitrogens is 5. The van der Waals surface area contributed by atoms with Crippen LogP contribution in [0.5, 0.6) is 0 Å². The third-order valence-corrected chi connectivity index (χ3v) is 5.33. The van der Waals surface area contributed by atoms with Gasteiger partial charge >= 0.3 is 0 Å². The van der Waals surface area contributed by atoms with Crippen LogP contribution >= 0.6 is 11.6 Å². The number of rotatable bonds is 4. The largest absolute Gasteiger partial charge is 0.287 e. The number of halogens is 2. The molecule has 0 fully saturated rings. The second-order valence-corrected chi connectivity index (χ2v) is 7.85. The van der Waals surface area contributed by atoms with E-state index in [0.717, 1.165) is 0 Å². The molecule has 3 heterocycles. The Morgan fingerprint density at radius 3 is 2.58 bits per heavy atom. The highest BCUT2D eigenvalue weighted by Crippen LogP contribution is 2.24. The molecule has 0 radical (unpaired) electrons. The second-order valence-electron chi connectivity index (χ2n) is 7.42. The average molecular weight is 458 g/mol. The van der Waals surface area contributed by atoms with Crippen LogP contribution in [0.2, 0.25) is 5.02 Å². The Morgan fingerprint density at radius 1 is 0.939 bits per heavy atom. The summed E-state index contributed by atoms with van der Waals surface area (Å²) in [4.78, 5) is 17.0. The van der Waals surface area contributed by atoms with Crippen molar-refractivity contribution >= 4 is 11.6 Å². The van der Waals surface area contributed by atoms with E-state index >= 15 is 4.39 Å². The summed E-state index contributed by atoms with van der Waals surface area (Å²) in [6.45, 7) is 1.82. The van der Waals surface area contributed by atoms with E-state index in [1.807, 2.05) is 25.1 Å². The van der Waals surface area contributed by atoms with Gasteiger partial charge in [-0.3, -0.25) is 9.78 Å². The van der Waals surface area contributed by atoms with Gasteiger partial charge in [0, 0.05) is 29.0 Å². The lowest BCUT2D eigenvalue weighted by Crippen LogP contribution is -2.15. The van der Waals surface area contributed by atoms with Crippen molar-refractivity contribution in [2.24, 2.45) is 0 Å². The van der Waals surface area contributed by atoms with E-state index in [2.05, 4.69) is 15.2 Å². The van der Waals surface area contributed by atoms with E-state index in [-0.39, 0.29) is 16.8 Å². The van der Waals surface area contributed by atoms with Crippen molar-refractivity contribution in [1.29, 1.82) is 0 Å². The van der Waals surface area contributed by atoms with Gasteiger partial charge in [-0.2, -0.15) is 10.2 Å². The van der Waals surface area contributed by atoms with Crippen molar-refractivity contribution < 1.29 is 4.39 Å². The van der Waals surface area contributed by atoms with E-state index in [1.54, 1.807) is 53.3 Å². The molecule has 0 amide bonds. The van der Waals surface area contributed by atoms with Crippen LogP contribution in [0.25, 0.3) is 34.0 Å². The Bertz CT molecular complexity index is 1530. The molecule has 0 saturated carbocycles. The van der Waals surface area contributed by atoms with Crippen molar-refractivity contribution in [2.75, 3.05) is 0 Å². The summed E-state index contributed by atoms with van der Waals surface area (Å²) in [5.41, 5.74) is 3.23. The predicted molar refractivity (Wildman–Crippen MR) is 125 cm³/mol. The minimum Gasteiger partial charge on any atom is -0.287 e. The Labute approximate surface area is 193 Å². The van der Waals surface area contributed by atoms with Gasteiger partial charge < -0.3 is 0 Å². The average Bonchev–Trinajstić information content (AvgIpc) is 3.21. The molecule has 162 valence electrons. The number of benzene rings is 2. The van der Waals surface area contributed by atoms with Crippen LogP contribution in [-0.2, 0) is 0 Å². The molecule has 0 aliphatic carbocycles. The first kappa shape index (κ1) is 20.8. The molecule has 0 unspecified atom stereocenters. The maximum atomic E-state index is 15.1. The van der Waals surface area contributed by atoms with Crippen molar-refractivity contribution in [3.05, 3.63) is 112 Å². The first-order valence-electron chi connectivity index (χ1n) is 10.1. The maximum Gasteiger partial charge on any atom is 0.209 e. The zero-order valence-corrected chi connectivity index (χ0v) is 18.2. The molecule has 8 heteroatoms. The molecule has 5 rings (SSSR count). The Balaban J connectivity index is 1.60. The van der Waals surface area contributed by atoms with Gasteiger partial charge in [0.15, 0.2) is 5.69 Å². The molecule has 2 aromatic carbocycles. The van der Waals surface area contributed by atoms with Gasteiger partial charge in [-0.25, -0.2) is 13.8 Å². The van der Waals surface area contributed by atoms with Crippen LogP contribution in [0.4, 0.5) is 4.39 Å². The molecule has 3 aromatic heterocycles. The van der Waals surface area contributed by atoms with E-state index in [4.69, 9.17) is 11.6 Å². The SMILES string of the molecule is Cc1cc(-c2nn(-c3ccc(-c4ccccn4)cc3F)ccc2=O)n(-c2cccc(Cl)c2)n1. The fraction of sp³-hybridized carbons (Fsp3) is 0.0400. The maximum absolute atomic E-state index is 15.1. The van der Waals surface area contributed by atoms with Crippen LogP contribution in [-0.4, -0.2) is 24.5 Å². The van der Waals surface area contributed by atoms with Crippen LogP contribution in [0, 0.1) is 12.7 Å². The van der Waals surface area contributed by atoms with E-state index in [1.165, 1.54) is 23.0 Å². The summed E-state index contributed by atoms with van der Waals surface area (Å²) < 4.78 is 18.0. The third-order valence-electron chi connectivity index (χ3n) is 5.09. The molecule has 0 bridgehead atoms.